The van der Waals surface area contributed by atoms with E-state index in [2.05, 4.69) is 167 Å². The minimum atomic E-state index is -0.809. The Labute approximate surface area is 474 Å². The van der Waals surface area contributed by atoms with Crippen LogP contribution in [0.25, 0.3) is 0 Å². The summed E-state index contributed by atoms with van der Waals surface area (Å²) in [5.41, 5.74) is 0. The summed E-state index contributed by atoms with van der Waals surface area (Å²) < 4.78 is 16.9. The van der Waals surface area contributed by atoms with Crippen LogP contribution in [0.3, 0.4) is 0 Å². The molecule has 1 unspecified atom stereocenters. The molecule has 0 bridgehead atoms. The average Bonchev–Trinajstić information content (AvgIpc) is 3.43. The number of rotatable bonds is 55. The molecule has 0 saturated heterocycles. The van der Waals surface area contributed by atoms with E-state index in [4.69, 9.17) is 14.2 Å². The molecule has 0 aliphatic heterocycles. The Morgan fingerprint density at radius 2 is 0.506 bits per heavy atom. The van der Waals surface area contributed by atoms with Crippen molar-refractivity contribution >= 4 is 17.9 Å². The highest BCUT2D eigenvalue weighted by Gasteiger charge is 2.19. The second-order valence-electron chi connectivity index (χ2n) is 20.2. The van der Waals surface area contributed by atoms with Gasteiger partial charge in [-0.2, -0.15) is 0 Å². The molecule has 77 heavy (non-hydrogen) atoms. The van der Waals surface area contributed by atoms with Gasteiger partial charge < -0.3 is 14.2 Å². The van der Waals surface area contributed by atoms with Crippen molar-refractivity contribution in [2.75, 3.05) is 13.2 Å². The van der Waals surface area contributed by atoms with E-state index in [0.29, 0.717) is 19.3 Å². The summed E-state index contributed by atoms with van der Waals surface area (Å²) in [6, 6.07) is 0. The van der Waals surface area contributed by atoms with E-state index >= 15 is 0 Å². The number of unbranched alkanes of at least 4 members (excludes halogenated alkanes) is 20. The summed E-state index contributed by atoms with van der Waals surface area (Å²) in [5, 5.41) is 0. The monoisotopic (exact) mass is 1060 g/mol. The Kier molecular flexibility index (Phi) is 59.9. The maximum absolute atomic E-state index is 12.9. The summed E-state index contributed by atoms with van der Waals surface area (Å²) in [5.74, 6) is -0.951. The molecule has 6 heteroatoms. The molecule has 0 aliphatic carbocycles. The van der Waals surface area contributed by atoms with Gasteiger partial charge >= 0.3 is 17.9 Å². The topological polar surface area (TPSA) is 78.9 Å². The van der Waals surface area contributed by atoms with Crippen molar-refractivity contribution in [3.05, 3.63) is 146 Å². The van der Waals surface area contributed by atoms with Gasteiger partial charge in [0.05, 0.1) is 0 Å². The standard InChI is InChI=1S/C71H114O6/c1-4-7-10-13-16-19-22-25-28-31-33-34-35-36-38-40-43-46-49-52-55-58-61-64-70(73)76-67-68(66-75-69(72)63-60-57-54-51-48-45-42-39-30-27-24-21-18-15-12-9-6-3)77-71(74)65-62-59-56-53-50-47-44-41-37-32-29-26-23-20-17-14-11-8-5-2/h7,9-10,12,16-21,25-30,33-34,36-38,41-42,45,68H,4-6,8,11,13-15,22-24,31-32,35,39-40,43-44,46-67H2,1-3H3/b10-7-,12-9-,19-16-,20-17-,21-18-,28-25-,29-26-,30-27-,34-33-,38-36-,41-37-,45-42-. The molecule has 0 spiro atoms. The minimum Gasteiger partial charge on any atom is -0.462 e. The average molecular weight is 1060 g/mol. The smallest absolute Gasteiger partial charge is 0.306 e. The third kappa shape index (κ3) is 62.0. The lowest BCUT2D eigenvalue weighted by Crippen LogP contribution is -2.30. The van der Waals surface area contributed by atoms with Crippen molar-refractivity contribution < 1.29 is 28.6 Å². The molecule has 0 fully saturated rings. The lowest BCUT2D eigenvalue weighted by atomic mass is 10.1. The fourth-order valence-electron chi connectivity index (χ4n) is 8.17. The van der Waals surface area contributed by atoms with Crippen LogP contribution in [0.5, 0.6) is 0 Å². The molecule has 434 valence electrons. The van der Waals surface area contributed by atoms with Gasteiger partial charge in [0.1, 0.15) is 13.2 Å². The lowest BCUT2D eigenvalue weighted by molar-refractivity contribution is -0.167. The summed E-state index contributed by atoms with van der Waals surface area (Å²) in [6.45, 7) is 6.35. The second-order valence-corrected chi connectivity index (χ2v) is 20.2. The second kappa shape index (κ2) is 63.8. The molecule has 0 aromatic rings. The molecule has 0 N–H and O–H groups in total. The fraction of sp³-hybridized carbons (Fsp3) is 0.620. The zero-order valence-corrected chi connectivity index (χ0v) is 49.7. The Bertz CT molecular complexity index is 1700. The maximum Gasteiger partial charge on any atom is 0.306 e. The molecule has 1 atom stereocenters. The Morgan fingerprint density at radius 3 is 0.792 bits per heavy atom. The maximum atomic E-state index is 12.9. The van der Waals surface area contributed by atoms with Crippen molar-refractivity contribution in [3.63, 3.8) is 0 Å². The van der Waals surface area contributed by atoms with E-state index in [1.54, 1.807) is 0 Å². The summed E-state index contributed by atoms with van der Waals surface area (Å²) in [7, 11) is 0. The molecular weight excluding hydrogens is 949 g/mol. The number of carbonyl (C=O) groups is 3. The number of ether oxygens (including phenoxy) is 3. The summed E-state index contributed by atoms with van der Waals surface area (Å²) >= 11 is 0. The first-order chi connectivity index (χ1) is 38.0. The van der Waals surface area contributed by atoms with E-state index in [9.17, 15) is 14.4 Å². The summed E-state index contributed by atoms with van der Waals surface area (Å²) in [4.78, 5) is 38.3. The highest BCUT2D eigenvalue weighted by Crippen LogP contribution is 2.14. The van der Waals surface area contributed by atoms with Crippen LogP contribution >= 0.6 is 0 Å². The number of allylic oxidation sites excluding steroid dienone is 24. The van der Waals surface area contributed by atoms with Crippen molar-refractivity contribution in [3.8, 4) is 0 Å². The Balaban J connectivity index is 4.49. The quantitative estimate of drug-likeness (QED) is 0.0261. The van der Waals surface area contributed by atoms with Gasteiger partial charge in [-0.3, -0.25) is 14.4 Å². The van der Waals surface area contributed by atoms with Crippen LogP contribution < -0.4 is 0 Å². The molecule has 0 aromatic carbocycles. The molecule has 0 aliphatic rings. The SMILES string of the molecule is CC/C=C\C/C=C\C/C=C\C/C=C\C/C=C\CCCCCCCCCC(=O)OCC(COC(=O)CCCCCC/C=C\C/C=C\C/C=C\C/C=C\CC)OC(=O)CCCCCCCC/C=C\C/C=C\C/C=C\CCCCC. The van der Waals surface area contributed by atoms with Gasteiger partial charge in [0.25, 0.3) is 0 Å². The third-order valence-electron chi connectivity index (χ3n) is 12.8. The van der Waals surface area contributed by atoms with Crippen LogP contribution in [0.1, 0.15) is 265 Å². The van der Waals surface area contributed by atoms with Gasteiger partial charge in [0.15, 0.2) is 6.10 Å². The van der Waals surface area contributed by atoms with Crippen LogP contribution in [-0.4, -0.2) is 37.2 Å². The first-order valence-corrected chi connectivity index (χ1v) is 31.3. The van der Waals surface area contributed by atoms with Crippen molar-refractivity contribution in [2.24, 2.45) is 0 Å². The number of esters is 3. The molecule has 0 aromatic heterocycles. The predicted molar refractivity (Wildman–Crippen MR) is 334 cm³/mol. The number of carbonyl (C=O) groups excluding carboxylic acids is 3. The van der Waals surface area contributed by atoms with E-state index < -0.39 is 6.10 Å². The largest absolute Gasteiger partial charge is 0.462 e. The van der Waals surface area contributed by atoms with Crippen LogP contribution in [0, 0.1) is 0 Å². The van der Waals surface area contributed by atoms with Crippen LogP contribution in [0.4, 0.5) is 0 Å². The van der Waals surface area contributed by atoms with Gasteiger partial charge in [0.2, 0.25) is 0 Å². The zero-order valence-electron chi connectivity index (χ0n) is 49.7. The molecule has 0 amide bonds. The highest BCUT2D eigenvalue weighted by atomic mass is 16.6. The fourth-order valence-corrected chi connectivity index (χ4v) is 8.17. The van der Waals surface area contributed by atoms with Crippen LogP contribution in [0.2, 0.25) is 0 Å². The summed E-state index contributed by atoms with van der Waals surface area (Å²) in [6.07, 6.45) is 91.2. The van der Waals surface area contributed by atoms with Gasteiger partial charge in [-0.1, -0.05) is 250 Å². The minimum absolute atomic E-state index is 0.103. The van der Waals surface area contributed by atoms with E-state index in [-0.39, 0.29) is 31.1 Å². The lowest BCUT2D eigenvalue weighted by Gasteiger charge is -2.18. The van der Waals surface area contributed by atoms with Crippen molar-refractivity contribution in [1.82, 2.24) is 0 Å². The van der Waals surface area contributed by atoms with Gasteiger partial charge in [-0.15, -0.1) is 0 Å². The normalized spacial score (nSPS) is 13.1. The van der Waals surface area contributed by atoms with Crippen LogP contribution in [-0.2, 0) is 28.6 Å². The predicted octanol–water partition coefficient (Wildman–Crippen LogP) is 21.5. The van der Waals surface area contributed by atoms with E-state index in [1.165, 1.54) is 64.2 Å². The number of hydrogen-bond acceptors (Lipinski definition) is 6. The van der Waals surface area contributed by atoms with E-state index in [1.807, 2.05) is 0 Å². The molecular formula is C71H114O6. The van der Waals surface area contributed by atoms with Crippen molar-refractivity contribution in [1.29, 1.82) is 0 Å². The van der Waals surface area contributed by atoms with Crippen molar-refractivity contribution in [2.45, 2.75) is 271 Å². The Morgan fingerprint density at radius 1 is 0.273 bits per heavy atom. The van der Waals surface area contributed by atoms with Gasteiger partial charge in [-0.25, -0.2) is 0 Å². The highest BCUT2D eigenvalue weighted by molar-refractivity contribution is 5.71. The van der Waals surface area contributed by atoms with Gasteiger partial charge in [-0.05, 0) is 141 Å². The Hall–Kier alpha value is -4.71. The molecule has 0 heterocycles. The molecule has 6 nitrogen and oxygen atoms in total. The van der Waals surface area contributed by atoms with Crippen LogP contribution in [0.15, 0.2) is 146 Å². The molecule has 0 rings (SSSR count). The van der Waals surface area contributed by atoms with Gasteiger partial charge in [0, 0.05) is 19.3 Å². The number of hydrogen-bond donors (Lipinski definition) is 0. The zero-order chi connectivity index (χ0) is 55.7. The molecule has 0 saturated carbocycles. The first kappa shape index (κ1) is 72.3. The first-order valence-electron chi connectivity index (χ1n) is 31.3. The third-order valence-corrected chi connectivity index (χ3v) is 12.8. The molecule has 0 radical (unpaired) electrons. The van der Waals surface area contributed by atoms with E-state index in [0.717, 1.165) is 161 Å².